The molecule has 0 bridgehead atoms. The van der Waals surface area contributed by atoms with Gasteiger partial charge in [-0.15, -0.1) is 0 Å². The molecule has 35 heavy (non-hydrogen) atoms. The van der Waals surface area contributed by atoms with E-state index >= 15 is 0 Å². The molecule has 0 saturated heterocycles. The summed E-state index contributed by atoms with van der Waals surface area (Å²) in [6.07, 6.45) is 8.21. The molecule has 1 aromatic carbocycles. The van der Waals surface area contributed by atoms with E-state index in [0.29, 0.717) is 28.8 Å². The van der Waals surface area contributed by atoms with E-state index in [4.69, 9.17) is 4.42 Å². The largest absolute Gasteiger partial charge is 0.463 e. The lowest BCUT2D eigenvalue weighted by molar-refractivity contribution is -0.127. The summed E-state index contributed by atoms with van der Waals surface area (Å²) in [5.74, 6) is 0.601. The third-order valence-electron chi connectivity index (χ3n) is 7.42. The highest BCUT2D eigenvalue weighted by molar-refractivity contribution is 6.12. The molecular weight excluding hydrogens is 440 g/mol. The molecule has 2 amide bonds. The predicted molar refractivity (Wildman–Crippen MR) is 135 cm³/mol. The topological polar surface area (TPSA) is 80.4 Å². The van der Waals surface area contributed by atoms with Crippen molar-refractivity contribution in [2.45, 2.75) is 83.3 Å². The Kier molecular flexibility index (Phi) is 6.26. The van der Waals surface area contributed by atoms with Crippen LogP contribution in [-0.4, -0.2) is 33.2 Å². The lowest BCUT2D eigenvalue weighted by Gasteiger charge is -2.43. The lowest BCUT2D eigenvalue weighted by atomic mass is 9.92. The van der Waals surface area contributed by atoms with Crippen LogP contribution in [0.15, 0.2) is 53.1 Å². The van der Waals surface area contributed by atoms with Gasteiger partial charge in [-0.3, -0.25) is 19.2 Å². The Balaban J connectivity index is 1.54. The quantitative estimate of drug-likeness (QED) is 0.494. The monoisotopic (exact) mass is 474 g/mol. The van der Waals surface area contributed by atoms with E-state index in [1.165, 1.54) is 18.4 Å². The average Bonchev–Trinajstić information content (AvgIpc) is 3.45. The number of nitrogens with zero attached hydrogens (tertiary/aromatic N) is 3. The Bertz CT molecular complexity index is 1190. The molecular formula is C28H34N4O3. The minimum atomic E-state index is -1.12. The Hall–Kier alpha value is -3.35. The Morgan fingerprint density at radius 3 is 2.46 bits per heavy atom. The molecule has 2 aromatic heterocycles. The van der Waals surface area contributed by atoms with Crippen molar-refractivity contribution in [3.63, 3.8) is 0 Å². The van der Waals surface area contributed by atoms with E-state index in [9.17, 15) is 9.59 Å². The smallest absolute Gasteiger partial charge is 0.277 e. The Morgan fingerprint density at radius 2 is 1.83 bits per heavy atom. The van der Waals surface area contributed by atoms with E-state index in [-0.39, 0.29) is 24.4 Å². The minimum Gasteiger partial charge on any atom is -0.463 e. The molecule has 184 valence electrons. The summed E-state index contributed by atoms with van der Waals surface area (Å²) < 4.78 is 7.17. The van der Waals surface area contributed by atoms with Gasteiger partial charge in [-0.25, -0.2) is 0 Å². The van der Waals surface area contributed by atoms with Gasteiger partial charge in [0.1, 0.15) is 16.9 Å². The second kappa shape index (κ2) is 9.36. The fourth-order valence-electron chi connectivity index (χ4n) is 5.30. The first kappa shape index (κ1) is 23.4. The second-order valence-corrected chi connectivity index (χ2v) is 10.4. The molecule has 1 atom stereocenters. The molecule has 2 aliphatic rings. The van der Waals surface area contributed by atoms with Crippen LogP contribution in [0.3, 0.4) is 0 Å². The molecule has 1 aliphatic carbocycles. The number of aromatic nitrogens is 2. The zero-order valence-corrected chi connectivity index (χ0v) is 20.8. The highest BCUT2D eigenvalue weighted by Gasteiger charge is 2.49. The van der Waals surface area contributed by atoms with Crippen molar-refractivity contribution in [3.05, 3.63) is 60.0 Å². The number of carbonyl (C=O) groups excluding carboxylic acids is 2. The maximum absolute atomic E-state index is 13.9. The summed E-state index contributed by atoms with van der Waals surface area (Å²) in [6, 6.07) is 13.5. The number of amides is 2. The van der Waals surface area contributed by atoms with Crippen molar-refractivity contribution < 1.29 is 14.0 Å². The lowest BCUT2D eigenvalue weighted by Crippen LogP contribution is -2.65. The van der Waals surface area contributed by atoms with Crippen LogP contribution in [0, 0.1) is 0 Å². The number of hydrogen-bond donors (Lipinski definition) is 1. The van der Waals surface area contributed by atoms with Crippen molar-refractivity contribution >= 4 is 17.5 Å². The fourth-order valence-corrected chi connectivity index (χ4v) is 5.30. The van der Waals surface area contributed by atoms with Gasteiger partial charge in [0.05, 0.1) is 12.8 Å². The Morgan fingerprint density at radius 1 is 1.11 bits per heavy atom. The molecule has 1 saturated carbocycles. The summed E-state index contributed by atoms with van der Waals surface area (Å²) in [5, 5.41) is 7.94. The summed E-state index contributed by atoms with van der Waals surface area (Å²) in [7, 11) is 0. The number of hydrogen-bond acceptors (Lipinski definition) is 4. The van der Waals surface area contributed by atoms with Gasteiger partial charge in [-0.1, -0.05) is 51.7 Å². The van der Waals surface area contributed by atoms with E-state index in [1.807, 2.05) is 37.3 Å². The fraction of sp³-hybridized carbons (Fsp3) is 0.464. The first-order valence-electron chi connectivity index (χ1n) is 12.7. The molecule has 0 radical (unpaired) electrons. The number of benzene rings is 1. The molecule has 1 fully saturated rings. The molecule has 3 aromatic rings. The normalized spacial score (nSPS) is 21.1. The number of nitrogens with one attached hydrogen (secondary N) is 1. The molecule has 1 N–H and O–H groups in total. The van der Waals surface area contributed by atoms with Crippen LogP contribution in [0.5, 0.6) is 0 Å². The van der Waals surface area contributed by atoms with Crippen LogP contribution in [0.4, 0.5) is 5.69 Å². The molecule has 3 heterocycles. The first-order valence-corrected chi connectivity index (χ1v) is 12.7. The number of rotatable bonds is 5. The van der Waals surface area contributed by atoms with E-state index in [1.54, 1.807) is 28.0 Å². The third kappa shape index (κ3) is 4.40. The van der Waals surface area contributed by atoms with Crippen LogP contribution >= 0.6 is 0 Å². The van der Waals surface area contributed by atoms with Gasteiger partial charge in [-0.2, -0.15) is 5.10 Å². The maximum Gasteiger partial charge on any atom is 0.277 e. The van der Waals surface area contributed by atoms with Crippen LogP contribution in [0.1, 0.15) is 81.3 Å². The van der Waals surface area contributed by atoms with Crippen LogP contribution in [0.25, 0.3) is 11.5 Å². The number of anilines is 1. The SMILES string of the molecule is CC(C)c1ccc(N2C(=O)c3cc(-c4ccco4)nn3CC2(C)C(=O)NC2CCCCCC2)cc1. The summed E-state index contributed by atoms with van der Waals surface area (Å²) in [5.41, 5.74) is 1.81. The third-order valence-corrected chi connectivity index (χ3v) is 7.42. The summed E-state index contributed by atoms with van der Waals surface area (Å²) >= 11 is 0. The standard InChI is InChI=1S/C28H34N4O3/c1-19(2)20-12-14-22(15-13-20)32-26(33)24-17-23(25-11-8-16-35-25)30-31(24)18-28(32,3)27(34)29-21-9-6-4-5-7-10-21/h8,11-17,19,21H,4-7,9-10,18H2,1-3H3,(H,29,34). The van der Waals surface area contributed by atoms with Crippen LogP contribution < -0.4 is 10.2 Å². The first-order chi connectivity index (χ1) is 16.9. The minimum absolute atomic E-state index is 0.133. The molecule has 7 heteroatoms. The van der Waals surface area contributed by atoms with E-state index in [2.05, 4.69) is 24.3 Å². The molecule has 5 rings (SSSR count). The Labute approximate surface area is 206 Å². The molecule has 0 spiro atoms. The number of carbonyl (C=O) groups is 2. The highest BCUT2D eigenvalue weighted by atomic mass is 16.3. The molecule has 7 nitrogen and oxygen atoms in total. The van der Waals surface area contributed by atoms with E-state index < -0.39 is 5.54 Å². The zero-order valence-electron chi connectivity index (χ0n) is 20.8. The van der Waals surface area contributed by atoms with Crippen LogP contribution in [-0.2, 0) is 11.3 Å². The van der Waals surface area contributed by atoms with Crippen molar-refractivity contribution in [2.24, 2.45) is 0 Å². The summed E-state index contributed by atoms with van der Waals surface area (Å²) in [6.45, 7) is 6.39. The highest BCUT2D eigenvalue weighted by Crippen LogP contribution is 2.35. The van der Waals surface area contributed by atoms with Crippen molar-refractivity contribution in [3.8, 4) is 11.5 Å². The molecule has 1 aliphatic heterocycles. The van der Waals surface area contributed by atoms with Gasteiger partial charge < -0.3 is 9.73 Å². The molecule has 1 unspecified atom stereocenters. The number of furan rings is 1. The second-order valence-electron chi connectivity index (χ2n) is 10.4. The average molecular weight is 475 g/mol. The zero-order chi connectivity index (χ0) is 24.6. The van der Waals surface area contributed by atoms with E-state index in [0.717, 1.165) is 25.7 Å². The van der Waals surface area contributed by atoms with Crippen molar-refractivity contribution in [2.75, 3.05) is 4.90 Å². The maximum atomic E-state index is 13.9. The van der Waals surface area contributed by atoms with Crippen molar-refractivity contribution in [1.29, 1.82) is 0 Å². The van der Waals surface area contributed by atoms with Gasteiger partial charge >= 0.3 is 0 Å². The van der Waals surface area contributed by atoms with Gasteiger partial charge in [0, 0.05) is 17.8 Å². The summed E-state index contributed by atoms with van der Waals surface area (Å²) in [4.78, 5) is 29.5. The van der Waals surface area contributed by atoms with Gasteiger partial charge in [0.2, 0.25) is 5.91 Å². The van der Waals surface area contributed by atoms with Crippen LogP contribution in [0.2, 0.25) is 0 Å². The van der Waals surface area contributed by atoms with Crippen molar-refractivity contribution in [1.82, 2.24) is 15.1 Å². The van der Waals surface area contributed by atoms with Gasteiger partial charge in [-0.05, 0) is 55.5 Å². The number of fused-ring (bicyclic) bond motifs is 1. The van der Waals surface area contributed by atoms with Gasteiger partial charge in [0.15, 0.2) is 5.76 Å². The van der Waals surface area contributed by atoms with Gasteiger partial charge in [0.25, 0.3) is 5.91 Å². The predicted octanol–water partition coefficient (Wildman–Crippen LogP) is 5.52.